The van der Waals surface area contributed by atoms with Gasteiger partial charge in [0, 0.05) is 29.1 Å². The van der Waals surface area contributed by atoms with E-state index in [0.29, 0.717) is 22.3 Å². The number of hydrogen-bond acceptors (Lipinski definition) is 3. The summed E-state index contributed by atoms with van der Waals surface area (Å²) in [5, 5.41) is 0.860. The van der Waals surface area contributed by atoms with E-state index in [1.165, 1.54) is 0 Å². The Morgan fingerprint density at radius 3 is 2.00 bits per heavy atom. The number of aryl methyl sites for hydroxylation is 1. The minimum atomic E-state index is -1.46. The van der Waals surface area contributed by atoms with Gasteiger partial charge in [0.1, 0.15) is 8.15 Å². The molecule has 0 aromatic heterocycles. The highest BCUT2D eigenvalue weighted by molar-refractivity contribution is 7.78. The molecule has 0 aliphatic rings. The van der Waals surface area contributed by atoms with E-state index in [-0.39, 0.29) is 11.3 Å². The van der Waals surface area contributed by atoms with Gasteiger partial charge in [0.05, 0.1) is 0 Å². The van der Waals surface area contributed by atoms with Crippen molar-refractivity contribution in [3.63, 3.8) is 0 Å². The van der Waals surface area contributed by atoms with Crippen LogP contribution in [0.2, 0.25) is 0 Å². The predicted molar refractivity (Wildman–Crippen MR) is 110 cm³/mol. The molecule has 4 heteroatoms. The number of carbonyl (C=O) groups excluding carboxylic acids is 2. The fourth-order valence-electron chi connectivity index (χ4n) is 3.14. The van der Waals surface area contributed by atoms with Crippen molar-refractivity contribution < 1.29 is 14.1 Å². The van der Waals surface area contributed by atoms with Crippen molar-refractivity contribution in [1.82, 2.24) is 0 Å². The van der Waals surface area contributed by atoms with Crippen LogP contribution in [0.3, 0.4) is 0 Å². The van der Waals surface area contributed by atoms with E-state index >= 15 is 0 Å². The summed E-state index contributed by atoms with van der Waals surface area (Å²) in [6.45, 7) is 3.73. The molecule has 0 spiro atoms. The second-order valence-electron chi connectivity index (χ2n) is 6.24. The monoisotopic (exact) mass is 376 g/mol. The van der Waals surface area contributed by atoms with E-state index < -0.39 is 8.15 Å². The minimum absolute atomic E-state index is 0.0728. The molecule has 0 bridgehead atoms. The van der Waals surface area contributed by atoms with Gasteiger partial charge in [-0.05, 0) is 25.0 Å². The lowest BCUT2D eigenvalue weighted by Crippen LogP contribution is -2.14. The quantitative estimate of drug-likeness (QED) is 0.447. The molecule has 3 aromatic rings. The highest BCUT2D eigenvalue weighted by Crippen LogP contribution is 2.41. The van der Waals surface area contributed by atoms with Crippen LogP contribution in [0.1, 0.15) is 37.4 Å². The van der Waals surface area contributed by atoms with Crippen LogP contribution < -0.4 is 5.30 Å². The fourth-order valence-corrected chi connectivity index (χ4v) is 4.74. The van der Waals surface area contributed by atoms with Crippen molar-refractivity contribution in [1.29, 1.82) is 0 Å². The minimum Gasteiger partial charge on any atom is -0.350 e. The summed E-state index contributed by atoms with van der Waals surface area (Å²) >= 11 is 0. The topological polar surface area (TPSA) is 43.4 Å². The lowest BCUT2D eigenvalue weighted by atomic mass is 9.93. The highest BCUT2D eigenvalue weighted by Gasteiger charge is 2.27. The molecule has 0 heterocycles. The van der Waals surface area contributed by atoms with Crippen LogP contribution in [0.4, 0.5) is 0 Å². The molecule has 136 valence electrons. The van der Waals surface area contributed by atoms with Gasteiger partial charge in [0.2, 0.25) is 5.52 Å². The summed E-state index contributed by atoms with van der Waals surface area (Å²) in [6.07, 6.45) is 0. The maximum absolute atomic E-state index is 13.3. The van der Waals surface area contributed by atoms with Crippen molar-refractivity contribution in [2.24, 2.45) is 0 Å². The Hall–Kier alpha value is -2.61. The van der Waals surface area contributed by atoms with E-state index in [1.807, 2.05) is 68.4 Å². The van der Waals surface area contributed by atoms with Gasteiger partial charge in [-0.1, -0.05) is 72.8 Å². The average molecular weight is 376 g/mol. The Balaban J connectivity index is 2.05. The lowest BCUT2D eigenvalue weighted by molar-refractivity contribution is 0.103. The van der Waals surface area contributed by atoms with Gasteiger partial charge in [-0.2, -0.15) is 0 Å². The third-order valence-electron chi connectivity index (χ3n) is 4.53. The lowest BCUT2D eigenvalue weighted by Gasteiger charge is -2.18. The average Bonchev–Trinajstić information content (AvgIpc) is 2.70. The van der Waals surface area contributed by atoms with E-state index in [0.717, 1.165) is 10.9 Å². The largest absolute Gasteiger partial charge is 0.350 e. The number of rotatable bonds is 6. The molecule has 3 nitrogen and oxygen atoms in total. The molecule has 0 fully saturated rings. The van der Waals surface area contributed by atoms with Crippen LogP contribution in [0, 0.1) is 13.8 Å². The zero-order valence-corrected chi connectivity index (χ0v) is 16.5. The smallest absolute Gasteiger partial charge is 0.216 e. The van der Waals surface area contributed by atoms with Crippen molar-refractivity contribution in [3.05, 3.63) is 101 Å². The number of benzene rings is 3. The first-order chi connectivity index (χ1) is 13.0. The Labute approximate surface area is 160 Å². The molecule has 0 radical (unpaired) electrons. The van der Waals surface area contributed by atoms with E-state index in [2.05, 4.69) is 0 Å². The predicted octanol–water partition coefficient (Wildman–Crippen LogP) is 5.04. The van der Waals surface area contributed by atoms with Gasteiger partial charge in [0.25, 0.3) is 0 Å². The molecule has 1 unspecified atom stereocenters. The van der Waals surface area contributed by atoms with Crippen molar-refractivity contribution >= 4 is 24.8 Å². The van der Waals surface area contributed by atoms with Crippen LogP contribution in [-0.4, -0.2) is 18.4 Å². The van der Waals surface area contributed by atoms with Gasteiger partial charge < -0.3 is 4.52 Å². The highest BCUT2D eigenvalue weighted by atomic mass is 31.1. The van der Waals surface area contributed by atoms with Crippen molar-refractivity contribution in [2.45, 2.75) is 13.8 Å². The Morgan fingerprint density at radius 1 is 0.815 bits per heavy atom. The van der Waals surface area contributed by atoms with Crippen LogP contribution in [0.15, 0.2) is 72.8 Å². The van der Waals surface area contributed by atoms with Crippen molar-refractivity contribution in [3.8, 4) is 0 Å². The van der Waals surface area contributed by atoms with Crippen LogP contribution in [0.5, 0.6) is 0 Å². The van der Waals surface area contributed by atoms with Crippen LogP contribution in [0.25, 0.3) is 0 Å². The number of hydrogen-bond donors (Lipinski definition) is 0. The molecule has 0 amide bonds. The first kappa shape index (κ1) is 19.2. The zero-order chi connectivity index (χ0) is 19.4. The van der Waals surface area contributed by atoms with E-state index in [4.69, 9.17) is 4.52 Å². The molecular weight excluding hydrogens is 355 g/mol. The molecule has 0 N–H and O–H groups in total. The first-order valence-corrected chi connectivity index (χ1v) is 9.94. The second kappa shape index (κ2) is 8.39. The normalized spacial score (nSPS) is 11.8. The second-order valence-corrected chi connectivity index (χ2v) is 8.12. The van der Waals surface area contributed by atoms with Crippen LogP contribution in [-0.2, 0) is 4.52 Å². The molecule has 0 saturated carbocycles. The summed E-state index contributed by atoms with van der Waals surface area (Å²) in [7, 11) is 0.0962. The van der Waals surface area contributed by atoms with Crippen molar-refractivity contribution in [2.75, 3.05) is 7.11 Å². The number of carbonyl (C=O) groups is 2. The maximum Gasteiger partial charge on any atom is 0.216 e. The van der Waals surface area contributed by atoms with Gasteiger partial charge in [-0.15, -0.1) is 0 Å². The SMILES string of the molecule is COP(C(=O)c1c(C)ccc(C(=O)c2ccccc2)c1C)c1ccccc1. The summed E-state index contributed by atoms with van der Waals surface area (Å²) < 4.78 is 5.58. The summed E-state index contributed by atoms with van der Waals surface area (Å²) in [5.41, 5.74) is 3.22. The molecular formula is C23H21O3P. The first-order valence-electron chi connectivity index (χ1n) is 8.68. The van der Waals surface area contributed by atoms with Gasteiger partial charge in [0.15, 0.2) is 5.78 Å². The summed E-state index contributed by atoms with van der Waals surface area (Å²) in [5.74, 6) is -0.0800. The Bertz CT molecular complexity index is 966. The maximum atomic E-state index is 13.3. The van der Waals surface area contributed by atoms with Gasteiger partial charge in [-0.25, -0.2) is 0 Å². The molecule has 1 atom stereocenters. The fraction of sp³-hybridized carbons (Fsp3) is 0.130. The molecule has 0 saturated heterocycles. The summed E-state index contributed by atoms with van der Waals surface area (Å²) in [4.78, 5) is 26.2. The molecule has 3 rings (SSSR count). The standard InChI is InChI=1S/C23H21O3P/c1-16-14-15-20(22(24)18-10-6-4-7-11-18)17(2)21(16)23(25)27(26-3)19-12-8-5-9-13-19/h4-15H,1-3H3. The molecule has 0 aliphatic carbocycles. The molecule has 3 aromatic carbocycles. The number of ketones is 1. The third kappa shape index (κ3) is 3.90. The molecule has 27 heavy (non-hydrogen) atoms. The third-order valence-corrected chi connectivity index (χ3v) is 6.25. The zero-order valence-electron chi connectivity index (χ0n) is 15.6. The van der Waals surface area contributed by atoms with Crippen LogP contribution >= 0.6 is 8.15 Å². The Morgan fingerprint density at radius 2 is 1.41 bits per heavy atom. The molecule has 0 aliphatic heterocycles. The van der Waals surface area contributed by atoms with Gasteiger partial charge >= 0.3 is 0 Å². The van der Waals surface area contributed by atoms with E-state index in [1.54, 1.807) is 25.3 Å². The van der Waals surface area contributed by atoms with Gasteiger partial charge in [-0.3, -0.25) is 9.59 Å². The Kier molecular flexibility index (Phi) is 5.95. The summed E-state index contributed by atoms with van der Waals surface area (Å²) in [6, 6.07) is 22.3. The van der Waals surface area contributed by atoms with E-state index in [9.17, 15) is 9.59 Å².